The molecule has 154 valence electrons. The van der Waals surface area contributed by atoms with Crippen LogP contribution >= 0.6 is 11.8 Å². The second kappa shape index (κ2) is 10.4. The third-order valence-electron chi connectivity index (χ3n) is 4.78. The van der Waals surface area contributed by atoms with Crippen LogP contribution in [0.5, 0.6) is 11.5 Å². The Labute approximate surface area is 170 Å². The Morgan fingerprint density at radius 3 is 2.32 bits per heavy atom. The van der Waals surface area contributed by atoms with Gasteiger partial charge in [-0.25, -0.2) is 0 Å². The molecule has 1 aromatic carbocycles. The monoisotopic (exact) mass is 407 g/mol. The van der Waals surface area contributed by atoms with Gasteiger partial charge in [0.15, 0.2) is 11.5 Å². The number of carbonyl (C=O) groups is 1. The fourth-order valence-corrected chi connectivity index (χ4v) is 3.50. The minimum atomic E-state index is 0.0829. The molecule has 0 aliphatic rings. The van der Waals surface area contributed by atoms with Crippen LogP contribution in [0.2, 0.25) is 0 Å². The van der Waals surface area contributed by atoms with Crippen LogP contribution in [-0.2, 0) is 4.79 Å². The third-order valence-corrected chi connectivity index (χ3v) is 5.58. The van der Waals surface area contributed by atoms with E-state index in [0.29, 0.717) is 22.6 Å². The van der Waals surface area contributed by atoms with Gasteiger partial charge in [-0.1, -0.05) is 25.6 Å². The zero-order chi connectivity index (χ0) is 20.7. The molecule has 8 heteroatoms. The Balaban J connectivity index is 2.07. The van der Waals surface area contributed by atoms with Gasteiger partial charge in [-0.2, -0.15) is 0 Å². The van der Waals surface area contributed by atoms with Gasteiger partial charge in [0.2, 0.25) is 11.8 Å². The van der Waals surface area contributed by atoms with Gasteiger partial charge in [-0.05, 0) is 44.9 Å². The summed E-state index contributed by atoms with van der Waals surface area (Å²) in [5.74, 6) is 1.93. The molecule has 1 heterocycles. The van der Waals surface area contributed by atoms with Crippen molar-refractivity contribution in [2.24, 2.45) is 0 Å². The number of hydrogen-bond donors (Lipinski definition) is 0. The van der Waals surface area contributed by atoms with Crippen LogP contribution in [0.4, 0.5) is 0 Å². The molecule has 0 bridgehead atoms. The van der Waals surface area contributed by atoms with E-state index in [1.165, 1.54) is 11.8 Å². The number of ether oxygens (including phenoxy) is 2. The summed E-state index contributed by atoms with van der Waals surface area (Å²) < 4.78 is 16.3. The Bertz CT molecular complexity index is 771. The summed E-state index contributed by atoms with van der Waals surface area (Å²) in [6, 6.07) is 5.79. The number of aromatic nitrogens is 2. The van der Waals surface area contributed by atoms with Crippen molar-refractivity contribution in [2.75, 3.05) is 20.0 Å². The van der Waals surface area contributed by atoms with Gasteiger partial charge < -0.3 is 18.8 Å². The highest BCUT2D eigenvalue weighted by Crippen LogP contribution is 2.32. The van der Waals surface area contributed by atoms with Gasteiger partial charge in [0, 0.05) is 17.6 Å². The zero-order valence-electron chi connectivity index (χ0n) is 17.4. The van der Waals surface area contributed by atoms with Crippen LogP contribution in [0, 0.1) is 0 Å². The highest BCUT2D eigenvalue weighted by Gasteiger charge is 2.24. The molecule has 0 spiro atoms. The predicted molar refractivity (Wildman–Crippen MR) is 110 cm³/mol. The minimum Gasteiger partial charge on any atom is -0.493 e. The lowest BCUT2D eigenvalue weighted by Gasteiger charge is -2.33. The van der Waals surface area contributed by atoms with Crippen molar-refractivity contribution in [1.29, 1.82) is 0 Å². The van der Waals surface area contributed by atoms with Crippen molar-refractivity contribution < 1.29 is 18.7 Å². The third kappa shape index (κ3) is 5.19. The van der Waals surface area contributed by atoms with Gasteiger partial charge in [-0.3, -0.25) is 4.79 Å². The molecule has 2 rings (SSSR count). The smallest absolute Gasteiger partial charge is 0.277 e. The first-order valence-electron chi connectivity index (χ1n) is 9.44. The molecule has 1 aromatic heterocycles. The van der Waals surface area contributed by atoms with E-state index in [4.69, 9.17) is 13.9 Å². The Kier molecular flexibility index (Phi) is 8.17. The average Bonchev–Trinajstić information content (AvgIpc) is 3.20. The van der Waals surface area contributed by atoms with E-state index >= 15 is 0 Å². The maximum atomic E-state index is 12.7. The maximum absolute atomic E-state index is 12.7. The molecule has 0 saturated heterocycles. The summed E-state index contributed by atoms with van der Waals surface area (Å²) in [5, 5.41) is 8.51. The molecule has 0 radical (unpaired) electrons. The second-order valence-electron chi connectivity index (χ2n) is 6.55. The second-order valence-corrected chi connectivity index (χ2v) is 7.47. The number of nitrogens with zero attached hydrogens (tertiary/aromatic N) is 3. The molecule has 1 amide bonds. The number of rotatable bonds is 10. The summed E-state index contributed by atoms with van der Waals surface area (Å²) in [7, 11) is 3.15. The zero-order valence-corrected chi connectivity index (χ0v) is 18.2. The number of methoxy groups -OCH3 is 2. The largest absolute Gasteiger partial charge is 0.493 e. The molecule has 2 aromatic rings. The molecule has 0 unspecified atom stereocenters. The van der Waals surface area contributed by atoms with E-state index in [2.05, 4.69) is 37.9 Å². The van der Waals surface area contributed by atoms with Crippen molar-refractivity contribution in [2.45, 2.75) is 57.8 Å². The van der Waals surface area contributed by atoms with Crippen molar-refractivity contribution in [1.82, 2.24) is 15.1 Å². The number of hydrogen-bond acceptors (Lipinski definition) is 7. The number of thioether (sulfide) groups is 1. The molecular formula is C20H29N3O4S. The van der Waals surface area contributed by atoms with Crippen LogP contribution in [0.3, 0.4) is 0 Å². The van der Waals surface area contributed by atoms with E-state index in [-0.39, 0.29) is 23.7 Å². The standard InChI is InChI=1S/C20H29N3O4S/c1-7-13(3)23(14(4)8-2)18(24)12-28-20-22-21-19(27-20)15-9-10-16(25-5)17(11-15)26-6/h9-11,13-14H,7-8,12H2,1-6H3/t13-,14-/m1/s1. The van der Waals surface area contributed by atoms with Gasteiger partial charge in [-0.15, -0.1) is 10.2 Å². The summed E-state index contributed by atoms with van der Waals surface area (Å²) in [6.45, 7) is 8.34. The van der Waals surface area contributed by atoms with E-state index in [1.807, 2.05) is 11.0 Å². The Hall–Kier alpha value is -2.22. The lowest BCUT2D eigenvalue weighted by Crippen LogP contribution is -2.45. The van der Waals surface area contributed by atoms with Crippen LogP contribution < -0.4 is 9.47 Å². The highest BCUT2D eigenvalue weighted by molar-refractivity contribution is 7.99. The molecule has 0 fully saturated rings. The summed E-state index contributed by atoms with van der Waals surface area (Å²) >= 11 is 1.26. The van der Waals surface area contributed by atoms with E-state index in [1.54, 1.807) is 26.4 Å². The normalized spacial score (nSPS) is 13.1. The van der Waals surface area contributed by atoms with Crippen molar-refractivity contribution in [3.05, 3.63) is 18.2 Å². The quantitative estimate of drug-likeness (QED) is 0.544. The van der Waals surface area contributed by atoms with Crippen molar-refractivity contribution in [3.63, 3.8) is 0 Å². The molecule has 0 N–H and O–H groups in total. The fourth-order valence-electron chi connectivity index (χ4n) is 2.87. The first kappa shape index (κ1) is 22.1. The average molecular weight is 408 g/mol. The van der Waals surface area contributed by atoms with Crippen LogP contribution in [-0.4, -0.2) is 53.1 Å². The van der Waals surface area contributed by atoms with E-state index in [0.717, 1.165) is 18.4 Å². The minimum absolute atomic E-state index is 0.0829. The number of amides is 1. The van der Waals surface area contributed by atoms with Gasteiger partial charge >= 0.3 is 0 Å². The van der Waals surface area contributed by atoms with Crippen molar-refractivity contribution in [3.8, 4) is 23.0 Å². The molecule has 0 aliphatic heterocycles. The summed E-state index contributed by atoms with van der Waals surface area (Å²) in [5.41, 5.74) is 0.726. The first-order valence-corrected chi connectivity index (χ1v) is 10.4. The molecular weight excluding hydrogens is 378 g/mol. The van der Waals surface area contributed by atoms with Crippen LogP contribution in [0.25, 0.3) is 11.5 Å². The lowest BCUT2D eigenvalue weighted by molar-refractivity contribution is -0.132. The molecule has 7 nitrogen and oxygen atoms in total. The van der Waals surface area contributed by atoms with Gasteiger partial charge in [0.05, 0.1) is 20.0 Å². The van der Waals surface area contributed by atoms with Gasteiger partial charge in [0.25, 0.3) is 5.22 Å². The number of benzene rings is 1. The molecule has 0 saturated carbocycles. The number of carbonyl (C=O) groups excluding carboxylic acids is 1. The molecule has 28 heavy (non-hydrogen) atoms. The molecule has 0 aliphatic carbocycles. The fraction of sp³-hybridized carbons (Fsp3) is 0.550. The Morgan fingerprint density at radius 2 is 1.75 bits per heavy atom. The van der Waals surface area contributed by atoms with E-state index < -0.39 is 0 Å². The lowest BCUT2D eigenvalue weighted by atomic mass is 10.1. The van der Waals surface area contributed by atoms with Crippen LogP contribution in [0.15, 0.2) is 27.8 Å². The maximum Gasteiger partial charge on any atom is 0.277 e. The first-order chi connectivity index (χ1) is 13.4. The highest BCUT2D eigenvalue weighted by atomic mass is 32.2. The predicted octanol–water partition coefficient (Wildman–Crippen LogP) is 4.27. The van der Waals surface area contributed by atoms with Gasteiger partial charge in [0.1, 0.15) is 0 Å². The Morgan fingerprint density at radius 1 is 1.11 bits per heavy atom. The topological polar surface area (TPSA) is 77.7 Å². The molecule has 2 atom stereocenters. The summed E-state index contributed by atoms with van der Waals surface area (Å²) in [4.78, 5) is 14.7. The van der Waals surface area contributed by atoms with Crippen molar-refractivity contribution >= 4 is 17.7 Å². The SMILES string of the molecule is CC[C@@H](C)N(C(=O)CSc1nnc(-c2ccc(OC)c(OC)c2)o1)[C@H](C)CC. The van der Waals surface area contributed by atoms with Crippen LogP contribution in [0.1, 0.15) is 40.5 Å². The summed E-state index contributed by atoms with van der Waals surface area (Å²) in [6.07, 6.45) is 1.84. The van der Waals surface area contributed by atoms with E-state index in [9.17, 15) is 4.79 Å².